The molecule has 1 aliphatic rings. The maximum atomic E-state index is 12.8. The summed E-state index contributed by atoms with van der Waals surface area (Å²) in [6, 6.07) is 11.3. The van der Waals surface area contributed by atoms with Gasteiger partial charge in [0.25, 0.3) is 0 Å². The number of benzene rings is 2. The first-order valence-electron chi connectivity index (χ1n) is 12.8. The number of hydrogen-bond acceptors (Lipinski definition) is 5. The summed E-state index contributed by atoms with van der Waals surface area (Å²) in [7, 11) is 2.97. The molecule has 0 bridgehead atoms. The van der Waals surface area contributed by atoms with E-state index in [0.717, 1.165) is 53.4 Å². The molecule has 2 aromatic carbocycles. The number of nitrogens with one attached hydrogen (secondary N) is 1. The number of aromatic nitrogens is 1. The fourth-order valence-corrected chi connectivity index (χ4v) is 5.42. The maximum Gasteiger partial charge on any atom is 0.337 e. The molecule has 192 valence electrons. The number of rotatable bonds is 10. The number of aromatic amines is 1. The second-order valence-corrected chi connectivity index (χ2v) is 9.50. The van der Waals surface area contributed by atoms with Crippen molar-refractivity contribution in [3.05, 3.63) is 64.8 Å². The third-order valence-electron chi connectivity index (χ3n) is 7.28. The van der Waals surface area contributed by atoms with Gasteiger partial charge in [0.2, 0.25) is 5.91 Å². The molecule has 2 N–H and O–H groups in total. The van der Waals surface area contributed by atoms with Crippen molar-refractivity contribution in [1.82, 2.24) is 9.88 Å². The number of nitrogens with zero attached hydrogens (tertiary/aromatic N) is 1. The SMILES string of the molecule is CCCC(c1ccc(C(=O)OC)cc1OC)c1c[nH]c2ccc(C(O)C3CCN(CCC)C3=O)cc12. The van der Waals surface area contributed by atoms with E-state index in [1.165, 1.54) is 7.11 Å². The van der Waals surface area contributed by atoms with Crippen LogP contribution in [-0.4, -0.2) is 54.2 Å². The van der Waals surface area contributed by atoms with Gasteiger partial charge in [-0.1, -0.05) is 32.4 Å². The number of hydrogen-bond donors (Lipinski definition) is 2. The zero-order chi connectivity index (χ0) is 25.8. The minimum atomic E-state index is -0.843. The molecule has 2 heterocycles. The molecule has 3 atom stereocenters. The zero-order valence-corrected chi connectivity index (χ0v) is 21.5. The van der Waals surface area contributed by atoms with E-state index in [-0.39, 0.29) is 11.8 Å². The molecular weight excluding hydrogens is 456 g/mol. The number of methoxy groups -OCH3 is 2. The summed E-state index contributed by atoms with van der Waals surface area (Å²) in [5.41, 5.74) is 4.24. The Morgan fingerprint density at radius 2 is 1.94 bits per heavy atom. The van der Waals surface area contributed by atoms with Gasteiger partial charge in [0.05, 0.1) is 31.8 Å². The number of H-pyrrole nitrogens is 1. The topological polar surface area (TPSA) is 91.9 Å². The van der Waals surface area contributed by atoms with Crippen molar-refractivity contribution in [3.63, 3.8) is 0 Å². The molecule has 0 radical (unpaired) electrons. The quantitative estimate of drug-likeness (QED) is 0.380. The Balaban J connectivity index is 1.71. The monoisotopic (exact) mass is 492 g/mol. The highest BCUT2D eigenvalue weighted by Crippen LogP contribution is 2.40. The summed E-state index contributed by atoms with van der Waals surface area (Å²) in [6.45, 7) is 5.63. The van der Waals surface area contributed by atoms with Gasteiger partial charge in [-0.3, -0.25) is 4.79 Å². The standard InChI is InChI=1S/C29H36N2O5/c1-5-7-20(21-10-8-19(29(34)36-4)16-26(21)35-3)24-17-30-25-11-9-18(15-23(24)25)27(32)22-12-14-31(13-6-2)28(22)33/h8-11,15-17,20,22,27,30,32H,5-7,12-14H2,1-4H3. The lowest BCUT2D eigenvalue weighted by Gasteiger charge is -2.21. The van der Waals surface area contributed by atoms with E-state index in [9.17, 15) is 14.7 Å². The Hall–Kier alpha value is -3.32. The average molecular weight is 493 g/mol. The summed E-state index contributed by atoms with van der Waals surface area (Å²) >= 11 is 0. The number of amides is 1. The summed E-state index contributed by atoms with van der Waals surface area (Å²) in [4.78, 5) is 30.1. The van der Waals surface area contributed by atoms with Crippen LogP contribution in [-0.2, 0) is 9.53 Å². The van der Waals surface area contributed by atoms with Crippen LogP contribution >= 0.6 is 0 Å². The molecule has 1 amide bonds. The van der Waals surface area contributed by atoms with Crippen LogP contribution in [0.3, 0.4) is 0 Å². The molecule has 7 heteroatoms. The molecule has 7 nitrogen and oxygen atoms in total. The molecule has 1 aromatic heterocycles. The van der Waals surface area contributed by atoms with Gasteiger partial charge in [-0.05, 0) is 54.7 Å². The lowest BCUT2D eigenvalue weighted by molar-refractivity contribution is -0.134. The molecule has 0 saturated carbocycles. The number of aliphatic hydroxyl groups is 1. The van der Waals surface area contributed by atoms with E-state index in [1.54, 1.807) is 19.2 Å². The third kappa shape index (κ3) is 4.85. The van der Waals surface area contributed by atoms with Gasteiger partial charge in [0, 0.05) is 41.7 Å². The number of ether oxygens (including phenoxy) is 2. The van der Waals surface area contributed by atoms with Gasteiger partial charge in [-0.2, -0.15) is 0 Å². The minimum absolute atomic E-state index is 0.0194. The van der Waals surface area contributed by atoms with Crippen molar-refractivity contribution in [2.75, 3.05) is 27.3 Å². The Kier molecular flexibility index (Phi) is 7.99. The predicted molar refractivity (Wildman–Crippen MR) is 139 cm³/mol. The minimum Gasteiger partial charge on any atom is -0.496 e. The fourth-order valence-electron chi connectivity index (χ4n) is 5.42. The Morgan fingerprint density at radius 3 is 2.64 bits per heavy atom. The Labute approximate surface area is 212 Å². The summed E-state index contributed by atoms with van der Waals surface area (Å²) < 4.78 is 10.6. The van der Waals surface area contributed by atoms with Gasteiger partial charge in [-0.25, -0.2) is 4.79 Å². The van der Waals surface area contributed by atoms with Crippen molar-refractivity contribution in [3.8, 4) is 5.75 Å². The van der Waals surface area contributed by atoms with Gasteiger partial charge < -0.3 is 24.5 Å². The largest absolute Gasteiger partial charge is 0.496 e. The van der Waals surface area contributed by atoms with Crippen molar-refractivity contribution in [1.29, 1.82) is 0 Å². The van der Waals surface area contributed by atoms with Crippen LogP contribution in [0.2, 0.25) is 0 Å². The van der Waals surface area contributed by atoms with Gasteiger partial charge in [0.1, 0.15) is 5.75 Å². The second kappa shape index (κ2) is 11.2. The average Bonchev–Trinajstić information content (AvgIpc) is 3.49. The second-order valence-electron chi connectivity index (χ2n) is 9.50. The third-order valence-corrected chi connectivity index (χ3v) is 7.28. The Bertz CT molecular complexity index is 1230. The smallest absolute Gasteiger partial charge is 0.337 e. The van der Waals surface area contributed by atoms with E-state index >= 15 is 0 Å². The van der Waals surface area contributed by atoms with Gasteiger partial charge in [0.15, 0.2) is 0 Å². The molecule has 1 saturated heterocycles. The first-order chi connectivity index (χ1) is 17.4. The molecule has 3 unspecified atom stereocenters. The molecule has 0 spiro atoms. The van der Waals surface area contributed by atoms with Gasteiger partial charge >= 0.3 is 5.97 Å². The van der Waals surface area contributed by atoms with Crippen LogP contribution in [0.15, 0.2) is 42.6 Å². The number of likely N-dealkylation sites (tertiary alicyclic amines) is 1. The lowest BCUT2D eigenvalue weighted by Crippen LogP contribution is -2.30. The van der Waals surface area contributed by atoms with Crippen LogP contribution in [0.4, 0.5) is 0 Å². The highest BCUT2D eigenvalue weighted by Gasteiger charge is 2.37. The van der Waals surface area contributed by atoms with Crippen molar-refractivity contribution in [2.24, 2.45) is 5.92 Å². The molecule has 36 heavy (non-hydrogen) atoms. The summed E-state index contributed by atoms with van der Waals surface area (Å²) in [6.07, 6.45) is 4.58. The first-order valence-corrected chi connectivity index (χ1v) is 12.8. The lowest BCUT2D eigenvalue weighted by atomic mass is 9.85. The van der Waals surface area contributed by atoms with E-state index in [4.69, 9.17) is 9.47 Å². The number of esters is 1. The molecule has 1 aliphatic heterocycles. The molecule has 4 rings (SSSR count). The normalized spacial score (nSPS) is 17.4. The maximum absolute atomic E-state index is 12.8. The summed E-state index contributed by atoms with van der Waals surface area (Å²) in [5.74, 6) is -0.121. The zero-order valence-electron chi connectivity index (χ0n) is 21.5. The Morgan fingerprint density at radius 1 is 1.14 bits per heavy atom. The van der Waals surface area contributed by atoms with Crippen molar-refractivity contribution in [2.45, 2.75) is 51.6 Å². The highest BCUT2D eigenvalue weighted by molar-refractivity contribution is 5.90. The molecule has 3 aromatic rings. The van der Waals surface area contributed by atoms with E-state index in [2.05, 4.69) is 18.8 Å². The van der Waals surface area contributed by atoms with Crippen LogP contribution in [0.25, 0.3) is 10.9 Å². The predicted octanol–water partition coefficient (Wildman–Crippen LogP) is 5.19. The van der Waals surface area contributed by atoms with E-state index in [0.29, 0.717) is 24.3 Å². The fraction of sp³-hybridized carbons (Fsp3) is 0.448. The van der Waals surface area contributed by atoms with E-state index in [1.807, 2.05) is 35.4 Å². The summed E-state index contributed by atoms with van der Waals surface area (Å²) in [5, 5.41) is 12.2. The van der Waals surface area contributed by atoms with Crippen LogP contribution in [0.1, 0.15) is 78.6 Å². The molecular formula is C29H36N2O5. The van der Waals surface area contributed by atoms with E-state index < -0.39 is 18.0 Å². The van der Waals surface area contributed by atoms with Gasteiger partial charge in [-0.15, -0.1) is 0 Å². The number of carbonyl (C=O) groups excluding carboxylic acids is 2. The number of fused-ring (bicyclic) bond motifs is 1. The van der Waals surface area contributed by atoms with Crippen molar-refractivity contribution < 1.29 is 24.2 Å². The molecule has 0 aliphatic carbocycles. The molecule has 1 fully saturated rings. The highest BCUT2D eigenvalue weighted by atomic mass is 16.5. The van der Waals surface area contributed by atoms with Crippen LogP contribution < -0.4 is 4.74 Å². The van der Waals surface area contributed by atoms with Crippen LogP contribution in [0, 0.1) is 5.92 Å². The van der Waals surface area contributed by atoms with Crippen LogP contribution in [0.5, 0.6) is 5.75 Å². The number of aliphatic hydroxyl groups excluding tert-OH is 1. The number of carbonyl (C=O) groups is 2. The van der Waals surface area contributed by atoms with Crippen molar-refractivity contribution >= 4 is 22.8 Å². The first kappa shape index (κ1) is 25.8.